The van der Waals surface area contributed by atoms with E-state index in [1.165, 1.54) is 11.8 Å². The fourth-order valence-corrected chi connectivity index (χ4v) is 2.64. The summed E-state index contributed by atoms with van der Waals surface area (Å²) in [7, 11) is 2.08. The SMILES string of the molecule is CSc1nc(Cl)cc(N(C)C2CCNCC2)n1. The summed E-state index contributed by atoms with van der Waals surface area (Å²) in [4.78, 5) is 10.9. The van der Waals surface area contributed by atoms with Crippen molar-refractivity contribution >= 4 is 29.2 Å². The summed E-state index contributed by atoms with van der Waals surface area (Å²) in [5, 5.41) is 4.61. The van der Waals surface area contributed by atoms with Gasteiger partial charge in [-0.3, -0.25) is 0 Å². The highest BCUT2D eigenvalue weighted by atomic mass is 35.5. The lowest BCUT2D eigenvalue weighted by atomic mass is 10.1. The molecule has 4 nitrogen and oxygen atoms in total. The zero-order valence-corrected chi connectivity index (χ0v) is 11.7. The minimum atomic E-state index is 0.514. The van der Waals surface area contributed by atoms with E-state index in [9.17, 15) is 0 Å². The molecule has 0 radical (unpaired) electrons. The number of nitrogens with zero attached hydrogens (tertiary/aromatic N) is 3. The van der Waals surface area contributed by atoms with Crippen LogP contribution >= 0.6 is 23.4 Å². The number of rotatable bonds is 3. The molecule has 1 aliphatic rings. The first-order valence-electron chi connectivity index (χ1n) is 5.73. The second-order valence-electron chi connectivity index (χ2n) is 4.13. The second kappa shape index (κ2) is 5.89. The van der Waals surface area contributed by atoms with E-state index in [1.54, 1.807) is 0 Å². The maximum absolute atomic E-state index is 6.01. The van der Waals surface area contributed by atoms with Crippen molar-refractivity contribution in [1.82, 2.24) is 15.3 Å². The number of anilines is 1. The quantitative estimate of drug-likeness (QED) is 0.518. The van der Waals surface area contributed by atoms with Crippen molar-refractivity contribution in [1.29, 1.82) is 0 Å². The zero-order chi connectivity index (χ0) is 12.3. The van der Waals surface area contributed by atoms with Crippen LogP contribution in [0.5, 0.6) is 0 Å². The third kappa shape index (κ3) is 3.24. The van der Waals surface area contributed by atoms with Crippen molar-refractivity contribution in [3.05, 3.63) is 11.2 Å². The summed E-state index contributed by atoms with van der Waals surface area (Å²) in [6.07, 6.45) is 4.25. The molecule has 2 heterocycles. The maximum atomic E-state index is 6.01. The number of nitrogens with one attached hydrogen (secondary N) is 1. The van der Waals surface area contributed by atoms with Crippen molar-refractivity contribution in [2.75, 3.05) is 31.3 Å². The van der Waals surface area contributed by atoms with Crippen LogP contribution in [-0.2, 0) is 0 Å². The van der Waals surface area contributed by atoms with E-state index >= 15 is 0 Å². The largest absolute Gasteiger partial charge is 0.356 e. The Balaban J connectivity index is 2.17. The molecule has 0 aliphatic carbocycles. The molecule has 1 fully saturated rings. The summed E-state index contributed by atoms with van der Waals surface area (Å²) in [6.45, 7) is 2.15. The standard InChI is InChI=1S/C11H17ClN4S/c1-16(8-3-5-13-6-4-8)10-7-9(12)14-11(15-10)17-2/h7-8,13H,3-6H2,1-2H3. The first-order valence-corrected chi connectivity index (χ1v) is 7.33. The van der Waals surface area contributed by atoms with Gasteiger partial charge in [-0.25, -0.2) is 9.97 Å². The summed E-state index contributed by atoms with van der Waals surface area (Å²) in [5.74, 6) is 0.918. The zero-order valence-electron chi connectivity index (χ0n) is 10.1. The molecule has 6 heteroatoms. The van der Waals surface area contributed by atoms with Crippen LogP contribution in [0.25, 0.3) is 0 Å². The summed E-state index contributed by atoms with van der Waals surface area (Å²) >= 11 is 7.52. The van der Waals surface area contributed by atoms with Crippen LogP contribution < -0.4 is 10.2 Å². The fraction of sp³-hybridized carbons (Fsp3) is 0.636. The molecule has 17 heavy (non-hydrogen) atoms. The minimum Gasteiger partial charge on any atom is -0.356 e. The van der Waals surface area contributed by atoms with Crippen LogP contribution in [0.3, 0.4) is 0 Å². The van der Waals surface area contributed by atoms with Crippen LogP contribution in [0.2, 0.25) is 5.15 Å². The predicted octanol–water partition coefficient (Wildman–Crippen LogP) is 2.04. The molecule has 0 unspecified atom stereocenters. The molecule has 0 amide bonds. The molecular formula is C11H17ClN4S. The van der Waals surface area contributed by atoms with Crippen molar-refractivity contribution in [3.63, 3.8) is 0 Å². The molecule has 94 valence electrons. The maximum Gasteiger partial charge on any atom is 0.190 e. The van der Waals surface area contributed by atoms with Gasteiger partial charge in [0.05, 0.1) is 0 Å². The molecule has 1 saturated heterocycles. The molecule has 1 aromatic rings. The van der Waals surface area contributed by atoms with E-state index in [2.05, 4.69) is 27.2 Å². The number of halogens is 1. The number of hydrogen-bond donors (Lipinski definition) is 1. The average molecular weight is 273 g/mol. The molecule has 1 aromatic heterocycles. The molecule has 0 bridgehead atoms. The van der Waals surface area contributed by atoms with Gasteiger partial charge in [0, 0.05) is 19.2 Å². The monoisotopic (exact) mass is 272 g/mol. The van der Waals surface area contributed by atoms with Gasteiger partial charge < -0.3 is 10.2 Å². The Morgan fingerprint density at radius 3 is 2.76 bits per heavy atom. The van der Waals surface area contributed by atoms with Crippen molar-refractivity contribution in [3.8, 4) is 0 Å². The summed E-state index contributed by atoms with van der Waals surface area (Å²) in [5.41, 5.74) is 0. The van der Waals surface area contributed by atoms with E-state index in [-0.39, 0.29) is 0 Å². The highest BCUT2D eigenvalue weighted by Gasteiger charge is 2.19. The lowest BCUT2D eigenvalue weighted by molar-refractivity contribution is 0.441. The second-order valence-corrected chi connectivity index (χ2v) is 5.29. The van der Waals surface area contributed by atoms with E-state index in [1.807, 2.05) is 12.3 Å². The van der Waals surface area contributed by atoms with Gasteiger partial charge in [-0.15, -0.1) is 0 Å². The Hall–Kier alpha value is -0.520. The highest BCUT2D eigenvalue weighted by Crippen LogP contribution is 2.23. The van der Waals surface area contributed by atoms with Gasteiger partial charge in [-0.1, -0.05) is 23.4 Å². The molecule has 0 spiro atoms. The Morgan fingerprint density at radius 2 is 2.12 bits per heavy atom. The first kappa shape index (κ1) is 12.9. The molecule has 0 saturated carbocycles. The lowest BCUT2D eigenvalue weighted by Gasteiger charge is -2.32. The van der Waals surface area contributed by atoms with E-state index in [0.29, 0.717) is 11.2 Å². The van der Waals surface area contributed by atoms with Crippen molar-refractivity contribution in [2.45, 2.75) is 24.0 Å². The van der Waals surface area contributed by atoms with Gasteiger partial charge in [0.1, 0.15) is 11.0 Å². The molecular weight excluding hydrogens is 256 g/mol. The third-order valence-electron chi connectivity index (χ3n) is 3.06. The molecule has 0 atom stereocenters. The molecule has 2 rings (SSSR count). The van der Waals surface area contributed by atoms with Gasteiger partial charge in [-0.05, 0) is 32.2 Å². The third-order valence-corrected chi connectivity index (χ3v) is 3.80. The van der Waals surface area contributed by atoms with Crippen molar-refractivity contribution < 1.29 is 0 Å². The number of thioether (sulfide) groups is 1. The fourth-order valence-electron chi connectivity index (χ4n) is 2.04. The number of hydrogen-bond acceptors (Lipinski definition) is 5. The normalized spacial score (nSPS) is 17.1. The Morgan fingerprint density at radius 1 is 1.41 bits per heavy atom. The first-order chi connectivity index (χ1) is 8.20. The topological polar surface area (TPSA) is 41.1 Å². The molecule has 0 aromatic carbocycles. The minimum absolute atomic E-state index is 0.514. The van der Waals surface area contributed by atoms with Gasteiger partial charge >= 0.3 is 0 Å². The average Bonchev–Trinajstić information content (AvgIpc) is 2.38. The Bertz CT molecular complexity index is 382. The highest BCUT2D eigenvalue weighted by molar-refractivity contribution is 7.98. The van der Waals surface area contributed by atoms with Crippen LogP contribution in [-0.4, -0.2) is 42.4 Å². The smallest absolute Gasteiger partial charge is 0.190 e. The van der Waals surface area contributed by atoms with Crippen LogP contribution in [0.1, 0.15) is 12.8 Å². The number of piperidine rings is 1. The summed E-state index contributed by atoms with van der Waals surface area (Å²) < 4.78 is 0. The van der Waals surface area contributed by atoms with Gasteiger partial charge in [0.15, 0.2) is 5.16 Å². The molecule has 1 N–H and O–H groups in total. The predicted molar refractivity (Wildman–Crippen MR) is 73.1 cm³/mol. The van der Waals surface area contributed by atoms with E-state index in [0.717, 1.165) is 36.9 Å². The lowest BCUT2D eigenvalue weighted by Crippen LogP contribution is -2.41. The van der Waals surface area contributed by atoms with Crippen LogP contribution in [0.4, 0.5) is 5.82 Å². The number of aromatic nitrogens is 2. The van der Waals surface area contributed by atoms with Crippen LogP contribution in [0.15, 0.2) is 11.2 Å². The van der Waals surface area contributed by atoms with Gasteiger partial charge in [0.2, 0.25) is 0 Å². The van der Waals surface area contributed by atoms with E-state index in [4.69, 9.17) is 11.6 Å². The molecule has 1 aliphatic heterocycles. The Kier molecular flexibility index (Phi) is 4.48. The van der Waals surface area contributed by atoms with Crippen molar-refractivity contribution in [2.24, 2.45) is 0 Å². The van der Waals surface area contributed by atoms with Gasteiger partial charge in [-0.2, -0.15) is 0 Å². The van der Waals surface area contributed by atoms with E-state index < -0.39 is 0 Å². The Labute approximate surface area is 111 Å². The van der Waals surface area contributed by atoms with Gasteiger partial charge in [0.25, 0.3) is 0 Å². The summed E-state index contributed by atoms with van der Waals surface area (Å²) in [6, 6.07) is 2.38. The van der Waals surface area contributed by atoms with Crippen LogP contribution in [0, 0.1) is 0 Å².